The number of ether oxygens (including phenoxy) is 2. The van der Waals surface area contributed by atoms with Crippen molar-refractivity contribution in [1.82, 2.24) is 0 Å². The van der Waals surface area contributed by atoms with Gasteiger partial charge >= 0.3 is 11.9 Å². The average Bonchev–Trinajstić information content (AvgIpc) is 2.95. The van der Waals surface area contributed by atoms with Gasteiger partial charge in [0.2, 0.25) is 0 Å². The Hall–Kier alpha value is -2.34. The fourth-order valence-corrected chi connectivity index (χ4v) is 4.93. The topological polar surface area (TPSA) is 55.8 Å². The maximum Gasteiger partial charge on any atom is 0.325 e. The summed E-state index contributed by atoms with van der Waals surface area (Å²) in [6.45, 7) is 0. The van der Waals surface area contributed by atoms with Gasteiger partial charge in [0, 0.05) is 16.2 Å². The second-order valence-corrected chi connectivity index (χ2v) is 7.92. The number of carbonyl (C=O) groups excluding carboxylic acids is 2. The monoisotopic (exact) mass is 429 g/mol. The number of hydrogen-bond donors (Lipinski definition) is 0. The van der Waals surface area contributed by atoms with Gasteiger partial charge in [-0.3, -0.25) is 9.59 Å². The third-order valence-corrected chi connectivity index (χ3v) is 6.25. The summed E-state index contributed by atoms with van der Waals surface area (Å²) >= 11 is 3.47. The minimum absolute atomic E-state index is 0.00396. The van der Waals surface area contributed by atoms with Crippen LogP contribution >= 0.6 is 15.9 Å². The fourth-order valence-electron chi connectivity index (χ4n) is 4.67. The van der Waals surface area contributed by atoms with Crippen LogP contribution in [0.4, 0.5) is 5.69 Å². The van der Waals surface area contributed by atoms with Gasteiger partial charge in [-0.15, -0.1) is 0 Å². The normalized spacial score (nSPS) is 22.1. The van der Waals surface area contributed by atoms with Crippen molar-refractivity contribution in [2.45, 2.75) is 24.9 Å². The molecular weight excluding hydrogens is 410 g/mol. The summed E-state index contributed by atoms with van der Waals surface area (Å²) in [5.41, 5.74) is 1.73. The molecule has 1 fully saturated rings. The van der Waals surface area contributed by atoms with Crippen LogP contribution in [-0.2, 0) is 25.5 Å². The highest BCUT2D eigenvalue weighted by molar-refractivity contribution is 9.10. The molecule has 2 bridgehead atoms. The predicted molar refractivity (Wildman–Crippen MR) is 104 cm³/mol. The molecule has 2 aromatic carbocycles. The average molecular weight is 430 g/mol. The van der Waals surface area contributed by atoms with Crippen LogP contribution in [0.25, 0.3) is 0 Å². The quantitative estimate of drug-likeness (QED) is 0.550. The second kappa shape index (κ2) is 6.68. The Morgan fingerprint density at radius 2 is 1.67 bits per heavy atom. The van der Waals surface area contributed by atoms with E-state index in [1.165, 1.54) is 14.2 Å². The molecule has 2 heterocycles. The molecule has 2 aromatic rings. The van der Waals surface area contributed by atoms with Gasteiger partial charge in [0.05, 0.1) is 20.3 Å². The first-order chi connectivity index (χ1) is 13.0. The lowest BCUT2D eigenvalue weighted by Crippen LogP contribution is -2.47. The molecule has 0 aromatic heterocycles. The summed E-state index contributed by atoms with van der Waals surface area (Å²) in [6.07, 6.45) is 1.13. The number of esters is 2. The molecule has 0 spiro atoms. The number of fused-ring (bicyclic) bond motifs is 4. The number of carbonyl (C=O) groups is 2. The van der Waals surface area contributed by atoms with Gasteiger partial charge in [0.15, 0.2) is 5.41 Å². The largest absolute Gasteiger partial charge is 0.468 e. The molecule has 2 aliphatic rings. The number of hydrogen-bond acceptors (Lipinski definition) is 5. The summed E-state index contributed by atoms with van der Waals surface area (Å²) in [7, 11) is 2.65. The first-order valence-corrected chi connectivity index (χ1v) is 9.60. The van der Waals surface area contributed by atoms with E-state index >= 15 is 0 Å². The van der Waals surface area contributed by atoms with E-state index in [0.717, 1.165) is 27.7 Å². The number of halogens is 1. The zero-order valence-electron chi connectivity index (χ0n) is 15.1. The smallest absolute Gasteiger partial charge is 0.325 e. The van der Waals surface area contributed by atoms with Crippen molar-refractivity contribution in [3.8, 4) is 0 Å². The van der Waals surface area contributed by atoms with Gasteiger partial charge < -0.3 is 14.4 Å². The molecule has 0 radical (unpaired) electrons. The molecular formula is C21H20BrNO4. The molecule has 4 rings (SSSR count). The highest BCUT2D eigenvalue weighted by atomic mass is 79.9. The Morgan fingerprint density at radius 1 is 1.04 bits per heavy atom. The lowest BCUT2D eigenvalue weighted by molar-refractivity contribution is -0.169. The molecule has 140 valence electrons. The molecule has 0 aliphatic carbocycles. The maximum atomic E-state index is 13.0. The third kappa shape index (κ3) is 2.57. The van der Waals surface area contributed by atoms with Gasteiger partial charge in [0.1, 0.15) is 0 Å². The van der Waals surface area contributed by atoms with Crippen LogP contribution in [0.15, 0.2) is 53.0 Å². The van der Waals surface area contributed by atoms with Crippen molar-refractivity contribution in [1.29, 1.82) is 0 Å². The first-order valence-electron chi connectivity index (χ1n) is 8.81. The molecule has 0 N–H and O–H groups in total. The summed E-state index contributed by atoms with van der Waals surface area (Å²) in [5.74, 6) is -1.08. The number of anilines is 1. The Balaban J connectivity index is 1.94. The summed E-state index contributed by atoms with van der Waals surface area (Å²) < 4.78 is 11.2. The van der Waals surface area contributed by atoms with Crippen LogP contribution in [0.2, 0.25) is 0 Å². The molecule has 6 heteroatoms. The minimum Gasteiger partial charge on any atom is -0.468 e. The van der Waals surface area contributed by atoms with E-state index in [-0.39, 0.29) is 6.04 Å². The number of methoxy groups -OCH3 is 2. The van der Waals surface area contributed by atoms with Crippen LogP contribution in [-0.4, -0.2) is 32.2 Å². The molecule has 27 heavy (non-hydrogen) atoms. The van der Waals surface area contributed by atoms with Crippen LogP contribution in [0, 0.1) is 5.41 Å². The first kappa shape index (κ1) is 18.0. The van der Waals surface area contributed by atoms with Crippen molar-refractivity contribution in [3.63, 3.8) is 0 Å². The molecule has 0 amide bonds. The Labute approximate surface area is 166 Å². The van der Waals surface area contributed by atoms with Gasteiger partial charge in [-0.05, 0) is 48.2 Å². The van der Waals surface area contributed by atoms with E-state index in [9.17, 15) is 9.59 Å². The van der Waals surface area contributed by atoms with Crippen molar-refractivity contribution in [2.75, 3.05) is 19.1 Å². The van der Waals surface area contributed by atoms with Crippen molar-refractivity contribution in [2.24, 2.45) is 5.41 Å². The van der Waals surface area contributed by atoms with Crippen LogP contribution in [0.3, 0.4) is 0 Å². The van der Waals surface area contributed by atoms with Gasteiger partial charge in [-0.25, -0.2) is 0 Å². The molecule has 0 unspecified atom stereocenters. The zero-order valence-corrected chi connectivity index (χ0v) is 16.7. The van der Waals surface area contributed by atoms with Crippen LogP contribution < -0.4 is 4.90 Å². The van der Waals surface area contributed by atoms with Crippen molar-refractivity contribution in [3.05, 3.63) is 64.1 Å². The van der Waals surface area contributed by atoms with E-state index < -0.39 is 23.4 Å². The second-order valence-electron chi connectivity index (χ2n) is 7.00. The van der Waals surface area contributed by atoms with E-state index in [2.05, 4.69) is 26.9 Å². The fraction of sp³-hybridized carbons (Fsp3) is 0.333. The highest BCUT2D eigenvalue weighted by Crippen LogP contribution is 2.57. The van der Waals surface area contributed by atoms with Gasteiger partial charge in [-0.1, -0.05) is 40.2 Å². The third-order valence-electron chi connectivity index (χ3n) is 5.73. The molecule has 2 aliphatic heterocycles. The van der Waals surface area contributed by atoms with E-state index in [1.807, 2.05) is 42.5 Å². The van der Waals surface area contributed by atoms with E-state index in [4.69, 9.17) is 9.47 Å². The summed E-state index contributed by atoms with van der Waals surface area (Å²) in [5, 5.41) is 0. The van der Waals surface area contributed by atoms with E-state index in [1.54, 1.807) is 0 Å². The van der Waals surface area contributed by atoms with Crippen molar-refractivity contribution >= 4 is 33.6 Å². The summed E-state index contributed by atoms with van der Waals surface area (Å²) in [6, 6.07) is 15.5. The van der Waals surface area contributed by atoms with Gasteiger partial charge in [-0.2, -0.15) is 0 Å². The zero-order chi connectivity index (χ0) is 19.2. The lowest BCUT2D eigenvalue weighted by atomic mass is 9.76. The maximum absolute atomic E-state index is 13.0. The standard InChI is InChI=1S/C21H20BrNO4/c1-26-19(24)21(20(25)27-2)12-16-11-13-5-3-4-6-17(13)18(21)23(16)15-9-7-14(22)8-10-15/h3-10,16,18H,11-12H2,1-2H3/t16-,18+/m1/s1. The van der Waals surface area contributed by atoms with E-state index in [0.29, 0.717) is 6.42 Å². The molecule has 5 nitrogen and oxygen atoms in total. The Morgan fingerprint density at radius 3 is 2.30 bits per heavy atom. The SMILES string of the molecule is COC(=O)C1(C(=O)OC)C[C@H]2Cc3ccccc3[C@@H]1N2c1ccc(Br)cc1. The molecule has 0 saturated carbocycles. The van der Waals surface area contributed by atoms with Gasteiger partial charge in [0.25, 0.3) is 0 Å². The Bertz CT molecular complexity index is 879. The van der Waals surface area contributed by atoms with Crippen LogP contribution in [0.5, 0.6) is 0 Å². The van der Waals surface area contributed by atoms with Crippen molar-refractivity contribution < 1.29 is 19.1 Å². The highest BCUT2D eigenvalue weighted by Gasteiger charge is 2.65. The summed E-state index contributed by atoms with van der Waals surface area (Å²) in [4.78, 5) is 28.1. The minimum atomic E-state index is -1.38. The lowest BCUT2D eigenvalue weighted by Gasteiger charge is -2.40. The Kier molecular flexibility index (Phi) is 4.46. The van der Waals surface area contributed by atoms with Crippen LogP contribution in [0.1, 0.15) is 23.6 Å². The number of benzene rings is 2. The number of nitrogens with zero attached hydrogens (tertiary/aromatic N) is 1. The predicted octanol–water partition coefficient (Wildman–Crippen LogP) is 3.66. The molecule has 1 saturated heterocycles. The molecule has 2 atom stereocenters. The number of rotatable bonds is 3.